The van der Waals surface area contributed by atoms with Crippen LogP contribution in [0.25, 0.3) is 0 Å². The first-order valence-electron chi connectivity index (χ1n) is 3.47. The van der Waals surface area contributed by atoms with Crippen LogP contribution in [-0.2, 0) is 6.42 Å². The molecule has 0 bridgehead atoms. The number of aliphatic hydroxyl groups is 1. The molecule has 0 saturated heterocycles. The normalized spacial score (nSPS) is 13.0. The van der Waals surface area contributed by atoms with Crippen molar-refractivity contribution in [3.05, 3.63) is 28.5 Å². The molecule has 0 aromatic carbocycles. The summed E-state index contributed by atoms with van der Waals surface area (Å²) in [6.45, 7) is 1.77. The highest BCUT2D eigenvalue weighted by atomic mass is 79.9. The highest BCUT2D eigenvalue weighted by Crippen LogP contribution is 2.09. The molecular weight excluding hydrogens is 206 g/mol. The van der Waals surface area contributed by atoms with E-state index in [1.807, 2.05) is 12.1 Å². The van der Waals surface area contributed by atoms with E-state index in [1.165, 1.54) is 0 Å². The van der Waals surface area contributed by atoms with Crippen LogP contribution in [0.4, 0.5) is 0 Å². The van der Waals surface area contributed by atoms with Crippen LogP contribution in [0.1, 0.15) is 12.5 Å². The summed E-state index contributed by atoms with van der Waals surface area (Å²) in [6, 6.07) is 3.81. The molecule has 1 heterocycles. The van der Waals surface area contributed by atoms with Gasteiger partial charge in [0.05, 0.1) is 6.10 Å². The lowest BCUT2D eigenvalue weighted by Crippen LogP contribution is -2.03. The van der Waals surface area contributed by atoms with Crippen molar-refractivity contribution in [1.82, 2.24) is 4.98 Å². The molecule has 3 heteroatoms. The Morgan fingerprint density at radius 1 is 1.73 bits per heavy atom. The van der Waals surface area contributed by atoms with Crippen LogP contribution in [0.5, 0.6) is 0 Å². The van der Waals surface area contributed by atoms with Gasteiger partial charge in [-0.3, -0.25) is 0 Å². The lowest BCUT2D eigenvalue weighted by Gasteiger charge is -2.03. The van der Waals surface area contributed by atoms with Gasteiger partial charge in [-0.05, 0) is 47.0 Å². The van der Waals surface area contributed by atoms with Crippen molar-refractivity contribution in [2.24, 2.45) is 0 Å². The summed E-state index contributed by atoms with van der Waals surface area (Å²) in [5, 5.41) is 9.06. The van der Waals surface area contributed by atoms with Gasteiger partial charge in [0.1, 0.15) is 4.60 Å². The quantitative estimate of drug-likeness (QED) is 0.764. The Hall–Kier alpha value is -0.410. The van der Waals surface area contributed by atoms with Crippen molar-refractivity contribution < 1.29 is 5.11 Å². The summed E-state index contributed by atoms with van der Waals surface area (Å²) in [7, 11) is 0. The van der Waals surface area contributed by atoms with E-state index < -0.39 is 0 Å². The third kappa shape index (κ3) is 2.99. The molecule has 1 aromatic rings. The highest BCUT2D eigenvalue weighted by Gasteiger charge is 1.98. The molecular formula is C8H10BrNO. The maximum absolute atomic E-state index is 9.06. The summed E-state index contributed by atoms with van der Waals surface area (Å²) in [5.41, 5.74) is 1.10. The monoisotopic (exact) mass is 215 g/mol. The van der Waals surface area contributed by atoms with Gasteiger partial charge < -0.3 is 5.11 Å². The van der Waals surface area contributed by atoms with Crippen molar-refractivity contribution in [3.63, 3.8) is 0 Å². The van der Waals surface area contributed by atoms with Crippen molar-refractivity contribution in [2.45, 2.75) is 19.4 Å². The standard InChI is InChI=1S/C8H10BrNO/c1-6(11)4-7-2-3-10-8(9)5-7/h2-3,5-6,11H,4H2,1H3. The molecule has 0 spiro atoms. The zero-order valence-electron chi connectivity index (χ0n) is 6.29. The minimum Gasteiger partial charge on any atom is -0.393 e. The van der Waals surface area contributed by atoms with Crippen LogP contribution < -0.4 is 0 Å². The summed E-state index contributed by atoms with van der Waals surface area (Å²) in [6.07, 6.45) is 2.12. The molecule has 0 aliphatic rings. The summed E-state index contributed by atoms with van der Waals surface area (Å²) in [4.78, 5) is 3.98. The second-order valence-corrected chi connectivity index (χ2v) is 3.35. The third-order valence-electron chi connectivity index (χ3n) is 1.32. The zero-order valence-corrected chi connectivity index (χ0v) is 7.87. The van der Waals surface area contributed by atoms with Gasteiger partial charge in [-0.1, -0.05) is 0 Å². The SMILES string of the molecule is CC(O)Cc1ccnc(Br)c1. The van der Waals surface area contributed by atoms with E-state index in [0.717, 1.165) is 10.2 Å². The Bertz CT molecular complexity index is 237. The number of hydrogen-bond donors (Lipinski definition) is 1. The molecule has 2 nitrogen and oxygen atoms in total. The fourth-order valence-electron chi connectivity index (χ4n) is 0.911. The van der Waals surface area contributed by atoms with Crippen molar-refractivity contribution in [2.75, 3.05) is 0 Å². The average Bonchev–Trinajstić information content (AvgIpc) is 1.85. The van der Waals surface area contributed by atoms with Crippen LogP contribution in [0.15, 0.2) is 22.9 Å². The van der Waals surface area contributed by atoms with Gasteiger partial charge >= 0.3 is 0 Å². The van der Waals surface area contributed by atoms with Crippen LogP contribution in [0, 0.1) is 0 Å². The van der Waals surface area contributed by atoms with E-state index in [-0.39, 0.29) is 6.10 Å². The summed E-state index contributed by atoms with van der Waals surface area (Å²) >= 11 is 3.26. The molecule has 0 amide bonds. The number of halogens is 1. The Balaban J connectivity index is 2.71. The van der Waals surface area contributed by atoms with Crippen molar-refractivity contribution >= 4 is 15.9 Å². The van der Waals surface area contributed by atoms with Crippen LogP contribution >= 0.6 is 15.9 Å². The molecule has 1 N–H and O–H groups in total. The fourth-order valence-corrected chi connectivity index (χ4v) is 1.32. The number of rotatable bonds is 2. The first-order chi connectivity index (χ1) is 5.18. The van der Waals surface area contributed by atoms with Crippen LogP contribution in [0.2, 0.25) is 0 Å². The average molecular weight is 216 g/mol. The van der Waals surface area contributed by atoms with Gasteiger partial charge in [-0.2, -0.15) is 0 Å². The predicted octanol–water partition coefficient (Wildman–Crippen LogP) is 1.77. The first kappa shape index (κ1) is 8.68. The first-order valence-corrected chi connectivity index (χ1v) is 4.26. The minimum absolute atomic E-state index is 0.288. The number of pyridine rings is 1. The Kier molecular flexibility index (Phi) is 3.02. The molecule has 1 aromatic heterocycles. The van der Waals surface area contributed by atoms with E-state index in [4.69, 9.17) is 5.11 Å². The zero-order chi connectivity index (χ0) is 8.27. The third-order valence-corrected chi connectivity index (χ3v) is 1.76. The Morgan fingerprint density at radius 2 is 2.45 bits per heavy atom. The number of nitrogens with zero attached hydrogens (tertiary/aromatic N) is 1. The lowest BCUT2D eigenvalue weighted by molar-refractivity contribution is 0.195. The van der Waals surface area contributed by atoms with Gasteiger partial charge in [0.15, 0.2) is 0 Å². The van der Waals surface area contributed by atoms with E-state index in [1.54, 1.807) is 13.1 Å². The Morgan fingerprint density at radius 3 is 3.00 bits per heavy atom. The van der Waals surface area contributed by atoms with Crippen LogP contribution in [-0.4, -0.2) is 16.2 Å². The van der Waals surface area contributed by atoms with Gasteiger partial charge in [0.2, 0.25) is 0 Å². The molecule has 0 radical (unpaired) electrons. The maximum atomic E-state index is 9.06. The molecule has 11 heavy (non-hydrogen) atoms. The molecule has 0 aliphatic heterocycles. The van der Waals surface area contributed by atoms with Crippen molar-refractivity contribution in [1.29, 1.82) is 0 Å². The molecule has 0 fully saturated rings. The number of aromatic nitrogens is 1. The van der Waals surface area contributed by atoms with E-state index in [9.17, 15) is 0 Å². The number of hydrogen-bond acceptors (Lipinski definition) is 2. The predicted molar refractivity (Wildman–Crippen MR) is 47.3 cm³/mol. The molecule has 0 aliphatic carbocycles. The van der Waals surface area contributed by atoms with Crippen molar-refractivity contribution in [3.8, 4) is 0 Å². The second-order valence-electron chi connectivity index (χ2n) is 2.54. The van der Waals surface area contributed by atoms with Gasteiger partial charge in [0, 0.05) is 6.20 Å². The van der Waals surface area contributed by atoms with Gasteiger partial charge in [-0.25, -0.2) is 4.98 Å². The summed E-state index contributed by atoms with van der Waals surface area (Å²) in [5.74, 6) is 0. The maximum Gasteiger partial charge on any atom is 0.106 e. The topological polar surface area (TPSA) is 33.1 Å². The largest absolute Gasteiger partial charge is 0.393 e. The molecule has 1 unspecified atom stereocenters. The highest BCUT2D eigenvalue weighted by molar-refractivity contribution is 9.10. The molecule has 1 rings (SSSR count). The van der Waals surface area contributed by atoms with E-state index >= 15 is 0 Å². The smallest absolute Gasteiger partial charge is 0.106 e. The summed E-state index contributed by atoms with van der Waals surface area (Å²) < 4.78 is 0.815. The second kappa shape index (κ2) is 3.83. The van der Waals surface area contributed by atoms with Gasteiger partial charge in [0.25, 0.3) is 0 Å². The van der Waals surface area contributed by atoms with Gasteiger partial charge in [-0.15, -0.1) is 0 Å². The lowest BCUT2D eigenvalue weighted by atomic mass is 10.1. The number of aliphatic hydroxyl groups excluding tert-OH is 1. The Labute approximate surface area is 74.4 Å². The van der Waals surface area contributed by atoms with E-state index in [0.29, 0.717) is 6.42 Å². The fraction of sp³-hybridized carbons (Fsp3) is 0.375. The molecule has 1 atom stereocenters. The molecule has 0 saturated carbocycles. The minimum atomic E-state index is -0.288. The molecule has 60 valence electrons. The van der Waals surface area contributed by atoms with Crippen LogP contribution in [0.3, 0.4) is 0 Å². The van der Waals surface area contributed by atoms with E-state index in [2.05, 4.69) is 20.9 Å².